The number of aryl methyl sites for hydroxylation is 3. The third-order valence-corrected chi connectivity index (χ3v) is 2.61. The van der Waals surface area contributed by atoms with Gasteiger partial charge in [-0.15, -0.1) is 0 Å². The Bertz CT molecular complexity index is 397. The molecular weight excluding hydrogens is 216 g/mol. The Hall–Kier alpha value is -1.51. The highest BCUT2D eigenvalue weighted by Gasteiger charge is 2.10. The van der Waals surface area contributed by atoms with Gasteiger partial charge in [0.1, 0.15) is 5.75 Å². The van der Waals surface area contributed by atoms with Crippen molar-refractivity contribution in [3.05, 3.63) is 28.8 Å². The lowest BCUT2D eigenvalue weighted by Crippen LogP contribution is -2.05. The molecule has 0 radical (unpaired) electrons. The number of hydrogen-bond acceptors (Lipinski definition) is 3. The lowest BCUT2D eigenvalue weighted by Gasteiger charge is -2.14. The number of ether oxygens (including phenoxy) is 2. The number of esters is 1. The molecular formula is C14H20O3. The van der Waals surface area contributed by atoms with Gasteiger partial charge in [-0.2, -0.15) is 0 Å². The van der Waals surface area contributed by atoms with Crippen LogP contribution in [0.4, 0.5) is 0 Å². The number of carbonyl (C=O) groups is 1. The Labute approximate surface area is 103 Å². The Kier molecular flexibility index (Phi) is 5.01. The zero-order valence-electron chi connectivity index (χ0n) is 11.0. The quantitative estimate of drug-likeness (QED) is 0.737. The van der Waals surface area contributed by atoms with Crippen molar-refractivity contribution in [3.63, 3.8) is 0 Å². The molecule has 1 aromatic carbocycles. The van der Waals surface area contributed by atoms with Crippen LogP contribution in [-0.2, 0) is 16.0 Å². The predicted octanol–water partition coefficient (Wildman–Crippen LogP) is 2.81. The first-order valence-corrected chi connectivity index (χ1v) is 5.88. The molecule has 1 rings (SSSR count). The van der Waals surface area contributed by atoms with Gasteiger partial charge in [0.15, 0.2) is 0 Å². The SMILES string of the molecule is CCOc1c(C)cc(C)cc1CCC(=O)OC. The largest absolute Gasteiger partial charge is 0.493 e. The summed E-state index contributed by atoms with van der Waals surface area (Å²) in [4.78, 5) is 11.2. The molecule has 3 heteroatoms. The van der Waals surface area contributed by atoms with Crippen molar-refractivity contribution in [2.75, 3.05) is 13.7 Å². The number of methoxy groups -OCH3 is 1. The summed E-state index contributed by atoms with van der Waals surface area (Å²) in [6, 6.07) is 4.16. The van der Waals surface area contributed by atoms with Gasteiger partial charge in [-0.25, -0.2) is 0 Å². The van der Waals surface area contributed by atoms with Crippen molar-refractivity contribution in [1.82, 2.24) is 0 Å². The molecule has 0 amide bonds. The highest BCUT2D eigenvalue weighted by atomic mass is 16.5. The molecule has 0 bridgehead atoms. The second kappa shape index (κ2) is 6.28. The van der Waals surface area contributed by atoms with Crippen molar-refractivity contribution in [2.45, 2.75) is 33.6 Å². The van der Waals surface area contributed by atoms with E-state index in [4.69, 9.17) is 4.74 Å². The number of rotatable bonds is 5. The van der Waals surface area contributed by atoms with Crippen LogP contribution in [-0.4, -0.2) is 19.7 Å². The van der Waals surface area contributed by atoms with Crippen LogP contribution in [0.3, 0.4) is 0 Å². The summed E-state index contributed by atoms with van der Waals surface area (Å²) in [6.45, 7) is 6.67. The minimum Gasteiger partial charge on any atom is -0.493 e. The molecule has 0 atom stereocenters. The van der Waals surface area contributed by atoms with Gasteiger partial charge in [0.25, 0.3) is 0 Å². The van der Waals surface area contributed by atoms with Crippen molar-refractivity contribution in [2.24, 2.45) is 0 Å². The fourth-order valence-electron chi connectivity index (χ4n) is 1.92. The standard InChI is InChI=1S/C14H20O3/c1-5-17-14-11(3)8-10(2)9-12(14)6-7-13(15)16-4/h8-9H,5-7H2,1-4H3. The lowest BCUT2D eigenvalue weighted by atomic mass is 10.0. The number of hydrogen-bond donors (Lipinski definition) is 0. The minimum atomic E-state index is -0.188. The fourth-order valence-corrected chi connectivity index (χ4v) is 1.92. The molecule has 3 nitrogen and oxygen atoms in total. The van der Waals surface area contributed by atoms with E-state index in [1.54, 1.807) is 0 Å². The van der Waals surface area contributed by atoms with Crippen LogP contribution in [0.5, 0.6) is 5.75 Å². The summed E-state index contributed by atoms with van der Waals surface area (Å²) in [5.41, 5.74) is 3.38. The molecule has 94 valence electrons. The molecule has 0 aliphatic carbocycles. The topological polar surface area (TPSA) is 35.5 Å². The Morgan fingerprint density at radius 2 is 2.00 bits per heavy atom. The van der Waals surface area contributed by atoms with Crippen LogP contribution in [0.2, 0.25) is 0 Å². The molecule has 0 fully saturated rings. The average Bonchev–Trinajstić information content (AvgIpc) is 2.29. The van der Waals surface area contributed by atoms with E-state index in [1.165, 1.54) is 12.7 Å². The number of benzene rings is 1. The van der Waals surface area contributed by atoms with Gasteiger partial charge in [-0.3, -0.25) is 4.79 Å². The average molecular weight is 236 g/mol. The van der Waals surface area contributed by atoms with Gasteiger partial charge in [0, 0.05) is 6.42 Å². The molecule has 17 heavy (non-hydrogen) atoms. The zero-order chi connectivity index (χ0) is 12.8. The van der Waals surface area contributed by atoms with Gasteiger partial charge in [0.05, 0.1) is 13.7 Å². The molecule has 1 aromatic rings. The first kappa shape index (κ1) is 13.6. The highest BCUT2D eigenvalue weighted by molar-refractivity contribution is 5.69. The van der Waals surface area contributed by atoms with Crippen LogP contribution >= 0.6 is 0 Å². The maximum absolute atomic E-state index is 11.2. The predicted molar refractivity (Wildman–Crippen MR) is 67.4 cm³/mol. The van der Waals surface area contributed by atoms with E-state index in [1.807, 2.05) is 20.8 Å². The molecule has 0 aromatic heterocycles. The Morgan fingerprint density at radius 3 is 2.59 bits per heavy atom. The van der Waals surface area contributed by atoms with Crippen LogP contribution in [0.1, 0.15) is 30.0 Å². The van der Waals surface area contributed by atoms with E-state index in [2.05, 4.69) is 16.9 Å². The summed E-state index contributed by atoms with van der Waals surface area (Å²) >= 11 is 0. The molecule has 0 aliphatic heterocycles. The number of carbonyl (C=O) groups excluding carboxylic acids is 1. The summed E-state index contributed by atoms with van der Waals surface area (Å²) in [7, 11) is 1.41. The second-order valence-corrected chi connectivity index (χ2v) is 4.08. The zero-order valence-corrected chi connectivity index (χ0v) is 11.0. The van der Waals surface area contributed by atoms with E-state index in [0.717, 1.165) is 16.9 Å². The van der Waals surface area contributed by atoms with Crippen molar-refractivity contribution in [3.8, 4) is 5.75 Å². The molecule has 0 saturated heterocycles. The third kappa shape index (κ3) is 3.77. The summed E-state index contributed by atoms with van der Waals surface area (Å²) in [5, 5.41) is 0. The van der Waals surface area contributed by atoms with E-state index in [-0.39, 0.29) is 5.97 Å². The third-order valence-electron chi connectivity index (χ3n) is 2.61. The van der Waals surface area contributed by atoms with E-state index in [9.17, 15) is 4.79 Å². The van der Waals surface area contributed by atoms with Crippen LogP contribution in [0, 0.1) is 13.8 Å². The molecule has 0 unspecified atom stereocenters. The molecule has 0 heterocycles. The van der Waals surface area contributed by atoms with Gasteiger partial charge < -0.3 is 9.47 Å². The Balaban J connectivity index is 2.91. The lowest BCUT2D eigenvalue weighted by molar-refractivity contribution is -0.140. The summed E-state index contributed by atoms with van der Waals surface area (Å²) in [6.07, 6.45) is 1.05. The molecule has 0 N–H and O–H groups in total. The van der Waals surface area contributed by atoms with E-state index in [0.29, 0.717) is 19.4 Å². The van der Waals surface area contributed by atoms with Gasteiger partial charge in [0.2, 0.25) is 0 Å². The van der Waals surface area contributed by atoms with Crippen LogP contribution in [0.25, 0.3) is 0 Å². The maximum Gasteiger partial charge on any atom is 0.305 e. The first-order chi connectivity index (χ1) is 8.08. The normalized spacial score (nSPS) is 10.1. The monoisotopic (exact) mass is 236 g/mol. The summed E-state index contributed by atoms with van der Waals surface area (Å²) in [5.74, 6) is 0.716. The fraction of sp³-hybridized carbons (Fsp3) is 0.500. The first-order valence-electron chi connectivity index (χ1n) is 5.88. The molecule has 0 spiro atoms. The molecule has 0 saturated carbocycles. The molecule has 0 aliphatic rings. The van der Waals surface area contributed by atoms with E-state index < -0.39 is 0 Å². The van der Waals surface area contributed by atoms with Crippen molar-refractivity contribution >= 4 is 5.97 Å². The maximum atomic E-state index is 11.2. The van der Waals surface area contributed by atoms with Crippen LogP contribution < -0.4 is 4.74 Å². The Morgan fingerprint density at radius 1 is 1.29 bits per heavy atom. The minimum absolute atomic E-state index is 0.188. The second-order valence-electron chi connectivity index (χ2n) is 4.08. The van der Waals surface area contributed by atoms with Crippen LogP contribution in [0.15, 0.2) is 12.1 Å². The highest BCUT2D eigenvalue weighted by Crippen LogP contribution is 2.26. The van der Waals surface area contributed by atoms with Gasteiger partial charge in [-0.05, 0) is 38.3 Å². The van der Waals surface area contributed by atoms with E-state index >= 15 is 0 Å². The van der Waals surface area contributed by atoms with Gasteiger partial charge in [-0.1, -0.05) is 17.7 Å². The van der Waals surface area contributed by atoms with Crippen molar-refractivity contribution < 1.29 is 14.3 Å². The summed E-state index contributed by atoms with van der Waals surface area (Å²) < 4.78 is 10.3. The van der Waals surface area contributed by atoms with Crippen molar-refractivity contribution in [1.29, 1.82) is 0 Å². The van der Waals surface area contributed by atoms with Gasteiger partial charge >= 0.3 is 5.97 Å². The smallest absolute Gasteiger partial charge is 0.305 e.